The topological polar surface area (TPSA) is 81.6 Å². The van der Waals surface area contributed by atoms with E-state index < -0.39 is 15.8 Å². The van der Waals surface area contributed by atoms with Crippen molar-refractivity contribution in [3.8, 4) is 11.8 Å². The van der Waals surface area contributed by atoms with Gasteiger partial charge in [0.2, 0.25) is 10.0 Å². The Morgan fingerprint density at radius 3 is 2.77 bits per heavy atom. The van der Waals surface area contributed by atoms with Crippen LogP contribution in [0.1, 0.15) is 18.4 Å². The fourth-order valence-electron chi connectivity index (χ4n) is 2.87. The Bertz CT molecular complexity index is 863. The number of methoxy groups -OCH3 is 1. The van der Waals surface area contributed by atoms with Crippen LogP contribution in [0.5, 0.6) is 11.8 Å². The van der Waals surface area contributed by atoms with Crippen LogP contribution in [-0.4, -0.2) is 49.0 Å². The maximum atomic E-state index is 13.3. The van der Waals surface area contributed by atoms with Crippen LogP contribution < -0.4 is 9.47 Å². The number of aromatic nitrogens is 2. The Morgan fingerprint density at radius 1 is 1.27 bits per heavy atom. The van der Waals surface area contributed by atoms with Crippen LogP contribution in [0.3, 0.4) is 0 Å². The average molecular weight is 381 g/mol. The van der Waals surface area contributed by atoms with Crippen LogP contribution in [-0.2, 0) is 15.8 Å². The van der Waals surface area contributed by atoms with Gasteiger partial charge in [0.05, 0.1) is 19.4 Å². The maximum absolute atomic E-state index is 13.3. The van der Waals surface area contributed by atoms with Crippen LogP contribution >= 0.6 is 0 Å². The van der Waals surface area contributed by atoms with Gasteiger partial charge in [-0.15, -0.1) is 0 Å². The number of nitrogens with zero attached hydrogens (tertiary/aromatic N) is 3. The van der Waals surface area contributed by atoms with E-state index in [0.717, 1.165) is 0 Å². The number of hydrogen-bond acceptors (Lipinski definition) is 6. The molecule has 1 aromatic carbocycles. The Labute approximate surface area is 151 Å². The fourth-order valence-corrected chi connectivity index (χ4v) is 4.46. The lowest BCUT2D eigenvalue weighted by Gasteiger charge is -2.31. The summed E-state index contributed by atoms with van der Waals surface area (Å²) in [5, 5.41) is 0. The lowest BCUT2D eigenvalue weighted by molar-refractivity contribution is 0.119. The van der Waals surface area contributed by atoms with Crippen molar-refractivity contribution in [1.29, 1.82) is 0 Å². The smallest absolute Gasteiger partial charge is 0.278 e. The van der Waals surface area contributed by atoms with E-state index in [0.29, 0.717) is 24.9 Å². The first-order valence-electron chi connectivity index (χ1n) is 8.22. The molecule has 140 valence electrons. The third-order valence-corrected chi connectivity index (χ3v) is 5.89. The minimum absolute atomic E-state index is 0.206. The predicted octanol–water partition coefficient (Wildman–Crippen LogP) is 2.00. The first kappa shape index (κ1) is 18.5. The van der Waals surface area contributed by atoms with Crippen molar-refractivity contribution in [3.05, 3.63) is 48.0 Å². The van der Waals surface area contributed by atoms with E-state index in [4.69, 9.17) is 9.47 Å². The second-order valence-electron chi connectivity index (χ2n) is 6.00. The zero-order chi connectivity index (χ0) is 18.6. The number of ether oxygens (including phenoxy) is 2. The van der Waals surface area contributed by atoms with Gasteiger partial charge in [0.1, 0.15) is 11.9 Å². The van der Waals surface area contributed by atoms with Gasteiger partial charge in [-0.05, 0) is 30.5 Å². The van der Waals surface area contributed by atoms with Crippen LogP contribution in [0.15, 0.2) is 36.7 Å². The summed E-state index contributed by atoms with van der Waals surface area (Å²) in [6.45, 7) is 0.618. The molecule has 0 amide bonds. The fraction of sp³-hybridized carbons (Fsp3) is 0.412. The molecule has 0 bridgehead atoms. The van der Waals surface area contributed by atoms with Crippen molar-refractivity contribution in [2.24, 2.45) is 0 Å². The molecule has 1 saturated heterocycles. The summed E-state index contributed by atoms with van der Waals surface area (Å²) in [5.74, 6) is -0.199. The summed E-state index contributed by atoms with van der Waals surface area (Å²) in [6.07, 6.45) is 3.99. The molecule has 1 aliphatic heterocycles. The molecular formula is C17H20FN3O4S. The lowest BCUT2D eigenvalue weighted by Crippen LogP contribution is -2.44. The molecule has 1 atom stereocenters. The van der Waals surface area contributed by atoms with E-state index >= 15 is 0 Å². The summed E-state index contributed by atoms with van der Waals surface area (Å²) in [5.41, 5.74) is 0.420. The van der Waals surface area contributed by atoms with E-state index in [1.165, 1.54) is 42.0 Å². The molecule has 3 rings (SSSR count). The van der Waals surface area contributed by atoms with E-state index in [1.54, 1.807) is 6.07 Å². The van der Waals surface area contributed by atoms with Gasteiger partial charge in [0, 0.05) is 18.9 Å². The Hall–Kier alpha value is -2.26. The van der Waals surface area contributed by atoms with Gasteiger partial charge in [-0.3, -0.25) is 0 Å². The van der Waals surface area contributed by atoms with Crippen LogP contribution in [0.4, 0.5) is 4.39 Å². The second kappa shape index (κ2) is 7.96. The predicted molar refractivity (Wildman–Crippen MR) is 92.8 cm³/mol. The van der Waals surface area contributed by atoms with Gasteiger partial charge in [-0.1, -0.05) is 12.1 Å². The number of halogens is 1. The quantitative estimate of drug-likeness (QED) is 0.761. The number of sulfonamides is 1. The molecular weight excluding hydrogens is 361 g/mol. The largest absolute Gasteiger partial charge is 0.477 e. The SMILES string of the molecule is COc1nccnc1OC1CCCN(S(=O)(=O)Cc2cccc(F)c2)C1. The minimum Gasteiger partial charge on any atom is -0.477 e. The molecule has 1 fully saturated rings. The van der Waals surface area contributed by atoms with Crippen molar-refractivity contribution in [3.63, 3.8) is 0 Å². The number of benzene rings is 1. The van der Waals surface area contributed by atoms with Gasteiger partial charge in [0.15, 0.2) is 0 Å². The summed E-state index contributed by atoms with van der Waals surface area (Å²) >= 11 is 0. The third-order valence-electron chi connectivity index (χ3n) is 4.08. The molecule has 2 heterocycles. The zero-order valence-corrected chi connectivity index (χ0v) is 15.2. The first-order chi connectivity index (χ1) is 12.5. The second-order valence-corrected chi connectivity index (χ2v) is 7.97. The van der Waals surface area contributed by atoms with Crippen LogP contribution in [0.2, 0.25) is 0 Å². The van der Waals surface area contributed by atoms with Crippen molar-refractivity contribution in [2.45, 2.75) is 24.7 Å². The van der Waals surface area contributed by atoms with Crippen molar-refractivity contribution in [2.75, 3.05) is 20.2 Å². The van der Waals surface area contributed by atoms with Gasteiger partial charge in [0.25, 0.3) is 11.8 Å². The van der Waals surface area contributed by atoms with Gasteiger partial charge >= 0.3 is 0 Å². The third kappa shape index (κ3) is 4.47. The molecule has 1 aromatic heterocycles. The maximum Gasteiger partial charge on any atom is 0.278 e. The molecule has 0 aliphatic carbocycles. The highest BCUT2D eigenvalue weighted by molar-refractivity contribution is 7.88. The molecule has 2 aromatic rings. The highest BCUT2D eigenvalue weighted by Gasteiger charge is 2.31. The Kier molecular flexibility index (Phi) is 5.67. The standard InChI is InChI=1S/C17H20FN3O4S/c1-24-16-17(20-8-7-19-16)25-15-6-3-9-21(11-15)26(22,23)12-13-4-2-5-14(18)10-13/h2,4-5,7-8,10,15H,3,6,9,11-12H2,1H3. The molecule has 0 N–H and O–H groups in total. The molecule has 9 heteroatoms. The van der Waals surface area contributed by atoms with Crippen molar-refractivity contribution >= 4 is 10.0 Å². The van der Waals surface area contributed by atoms with Gasteiger partial charge in [-0.25, -0.2) is 22.8 Å². The Morgan fingerprint density at radius 2 is 2.04 bits per heavy atom. The van der Waals surface area contributed by atoms with Crippen LogP contribution in [0.25, 0.3) is 0 Å². The summed E-state index contributed by atoms with van der Waals surface area (Å²) in [4.78, 5) is 8.11. The van der Waals surface area contributed by atoms with Crippen LogP contribution in [0, 0.1) is 5.82 Å². The molecule has 0 spiro atoms. The highest BCUT2D eigenvalue weighted by Crippen LogP contribution is 2.25. The van der Waals surface area contributed by atoms with E-state index in [1.807, 2.05) is 0 Å². The highest BCUT2D eigenvalue weighted by atomic mass is 32.2. The molecule has 0 radical (unpaired) electrons. The van der Waals surface area contributed by atoms with E-state index in [-0.39, 0.29) is 30.2 Å². The molecule has 1 unspecified atom stereocenters. The summed E-state index contributed by atoms with van der Waals surface area (Å²) < 4.78 is 51.0. The zero-order valence-electron chi connectivity index (χ0n) is 14.3. The van der Waals surface area contributed by atoms with Gasteiger partial charge < -0.3 is 9.47 Å². The molecule has 26 heavy (non-hydrogen) atoms. The van der Waals surface area contributed by atoms with Crippen molar-refractivity contribution in [1.82, 2.24) is 14.3 Å². The normalized spacial score (nSPS) is 18.5. The van der Waals surface area contributed by atoms with E-state index in [9.17, 15) is 12.8 Å². The number of rotatable bonds is 6. The number of piperidine rings is 1. The van der Waals surface area contributed by atoms with Gasteiger partial charge in [-0.2, -0.15) is 4.31 Å². The average Bonchev–Trinajstić information content (AvgIpc) is 2.62. The van der Waals surface area contributed by atoms with E-state index in [2.05, 4.69) is 9.97 Å². The first-order valence-corrected chi connectivity index (χ1v) is 9.83. The number of hydrogen-bond donors (Lipinski definition) is 0. The molecule has 1 aliphatic rings. The van der Waals surface area contributed by atoms with Crippen molar-refractivity contribution < 1.29 is 22.3 Å². The Balaban J connectivity index is 1.69. The monoisotopic (exact) mass is 381 g/mol. The summed E-state index contributed by atoms with van der Waals surface area (Å²) in [6, 6.07) is 5.63. The molecule has 7 nitrogen and oxygen atoms in total. The molecule has 0 saturated carbocycles. The summed E-state index contributed by atoms with van der Waals surface area (Å²) in [7, 11) is -2.11. The minimum atomic E-state index is -3.57. The lowest BCUT2D eigenvalue weighted by atomic mass is 10.1.